The predicted molar refractivity (Wildman–Crippen MR) is 90.5 cm³/mol. The Kier molecular flexibility index (Phi) is 4.73. The summed E-state index contributed by atoms with van der Waals surface area (Å²) in [6.07, 6.45) is 2.71. The van der Waals surface area contributed by atoms with Gasteiger partial charge in [0.05, 0.1) is 0 Å². The third-order valence-corrected chi connectivity index (χ3v) is 5.15. The van der Waals surface area contributed by atoms with Crippen molar-refractivity contribution in [1.29, 1.82) is 0 Å². The fraction of sp³-hybridized carbons (Fsp3) is 0.444. The molecule has 21 heavy (non-hydrogen) atoms. The van der Waals surface area contributed by atoms with Crippen LogP contribution in [0.15, 0.2) is 41.8 Å². The van der Waals surface area contributed by atoms with Gasteiger partial charge in [-0.15, -0.1) is 11.3 Å². The molecule has 0 radical (unpaired) electrons. The summed E-state index contributed by atoms with van der Waals surface area (Å²) in [5, 5.41) is 2.17. The van der Waals surface area contributed by atoms with Crippen LogP contribution in [-0.4, -0.2) is 17.5 Å². The summed E-state index contributed by atoms with van der Waals surface area (Å²) >= 11 is 1.86. The van der Waals surface area contributed by atoms with Crippen LogP contribution in [0.5, 0.6) is 0 Å². The molecule has 2 nitrogen and oxygen atoms in total. The number of rotatable bonds is 7. The van der Waals surface area contributed by atoms with E-state index in [4.69, 9.17) is 5.73 Å². The molecule has 0 amide bonds. The zero-order valence-electron chi connectivity index (χ0n) is 12.7. The first-order valence-corrected chi connectivity index (χ1v) is 8.69. The summed E-state index contributed by atoms with van der Waals surface area (Å²) in [6.45, 7) is 5.04. The van der Waals surface area contributed by atoms with Crippen molar-refractivity contribution >= 4 is 11.3 Å². The Morgan fingerprint density at radius 1 is 1.19 bits per heavy atom. The van der Waals surface area contributed by atoms with Crippen LogP contribution >= 0.6 is 11.3 Å². The third-order valence-electron chi connectivity index (χ3n) is 4.29. The van der Waals surface area contributed by atoms with E-state index in [1.165, 1.54) is 28.8 Å². The first-order chi connectivity index (χ1) is 10.3. The molecule has 1 fully saturated rings. The Hall–Kier alpha value is -1.16. The van der Waals surface area contributed by atoms with Gasteiger partial charge in [-0.2, -0.15) is 0 Å². The van der Waals surface area contributed by atoms with Gasteiger partial charge in [0.2, 0.25) is 0 Å². The van der Waals surface area contributed by atoms with Crippen molar-refractivity contribution in [3.05, 3.63) is 57.8 Å². The molecule has 2 N–H and O–H groups in total. The lowest BCUT2D eigenvalue weighted by Crippen LogP contribution is -2.24. The maximum absolute atomic E-state index is 5.74. The van der Waals surface area contributed by atoms with Gasteiger partial charge in [0.15, 0.2) is 0 Å². The molecular weight excluding hydrogens is 276 g/mol. The van der Waals surface area contributed by atoms with Gasteiger partial charge in [-0.05, 0) is 47.9 Å². The van der Waals surface area contributed by atoms with Gasteiger partial charge >= 0.3 is 0 Å². The van der Waals surface area contributed by atoms with Gasteiger partial charge < -0.3 is 5.73 Å². The molecule has 3 rings (SSSR count). The molecule has 1 unspecified atom stereocenters. The average Bonchev–Trinajstić information content (AvgIpc) is 3.24. The Morgan fingerprint density at radius 3 is 2.52 bits per heavy atom. The molecule has 1 aromatic heterocycles. The molecule has 0 bridgehead atoms. The highest BCUT2D eigenvalue weighted by Crippen LogP contribution is 2.30. The third kappa shape index (κ3) is 3.94. The van der Waals surface area contributed by atoms with Crippen LogP contribution < -0.4 is 5.73 Å². The van der Waals surface area contributed by atoms with Crippen molar-refractivity contribution in [2.75, 3.05) is 6.54 Å². The summed E-state index contributed by atoms with van der Waals surface area (Å²) < 4.78 is 0. The van der Waals surface area contributed by atoms with E-state index in [9.17, 15) is 0 Å². The molecule has 1 saturated carbocycles. The SMILES string of the molecule is CC(CN)c1ccc(CN(Cc2cccs2)C2CC2)cc1. The number of hydrogen-bond donors (Lipinski definition) is 1. The Labute approximate surface area is 131 Å². The van der Waals surface area contributed by atoms with Gasteiger partial charge in [-0.1, -0.05) is 37.3 Å². The molecule has 2 aromatic rings. The van der Waals surface area contributed by atoms with E-state index in [1.54, 1.807) is 0 Å². The van der Waals surface area contributed by atoms with Crippen molar-refractivity contribution in [1.82, 2.24) is 4.90 Å². The highest BCUT2D eigenvalue weighted by Gasteiger charge is 2.29. The molecule has 1 heterocycles. The molecule has 1 aliphatic carbocycles. The molecule has 3 heteroatoms. The van der Waals surface area contributed by atoms with Crippen LogP contribution in [0.4, 0.5) is 0 Å². The minimum Gasteiger partial charge on any atom is -0.330 e. The summed E-state index contributed by atoms with van der Waals surface area (Å²) in [4.78, 5) is 4.09. The first-order valence-electron chi connectivity index (χ1n) is 7.81. The second-order valence-electron chi connectivity index (χ2n) is 6.09. The van der Waals surface area contributed by atoms with E-state index in [-0.39, 0.29) is 0 Å². The van der Waals surface area contributed by atoms with Gasteiger partial charge in [0.25, 0.3) is 0 Å². The molecular formula is C18H24N2S. The number of nitrogens with zero attached hydrogens (tertiary/aromatic N) is 1. The Balaban J connectivity index is 1.65. The van der Waals surface area contributed by atoms with Gasteiger partial charge in [-0.3, -0.25) is 4.90 Å². The number of nitrogens with two attached hydrogens (primary N) is 1. The van der Waals surface area contributed by atoms with Crippen LogP contribution in [0.1, 0.15) is 41.7 Å². The molecule has 0 spiro atoms. The maximum atomic E-state index is 5.74. The monoisotopic (exact) mass is 300 g/mol. The lowest BCUT2D eigenvalue weighted by Gasteiger charge is -2.21. The van der Waals surface area contributed by atoms with Crippen LogP contribution in [-0.2, 0) is 13.1 Å². The number of benzene rings is 1. The Bertz CT molecular complexity index is 543. The molecule has 0 saturated heterocycles. The van der Waals surface area contributed by atoms with Crippen LogP contribution in [0, 0.1) is 0 Å². The quantitative estimate of drug-likeness (QED) is 0.838. The maximum Gasteiger partial charge on any atom is 0.0334 e. The summed E-state index contributed by atoms with van der Waals surface area (Å²) in [6, 6.07) is 14.2. The van der Waals surface area contributed by atoms with E-state index < -0.39 is 0 Å². The van der Waals surface area contributed by atoms with Crippen LogP contribution in [0.25, 0.3) is 0 Å². The van der Waals surface area contributed by atoms with Crippen LogP contribution in [0.2, 0.25) is 0 Å². The lowest BCUT2D eigenvalue weighted by atomic mass is 10.00. The van der Waals surface area contributed by atoms with Crippen molar-refractivity contribution in [3.63, 3.8) is 0 Å². The fourth-order valence-corrected chi connectivity index (χ4v) is 3.41. The normalized spacial score (nSPS) is 16.3. The van der Waals surface area contributed by atoms with Gasteiger partial charge in [-0.25, -0.2) is 0 Å². The lowest BCUT2D eigenvalue weighted by molar-refractivity contribution is 0.248. The highest BCUT2D eigenvalue weighted by molar-refractivity contribution is 7.09. The molecule has 0 aliphatic heterocycles. The largest absolute Gasteiger partial charge is 0.330 e. The van der Waals surface area contributed by atoms with Crippen LogP contribution in [0.3, 0.4) is 0 Å². The first kappa shape index (κ1) is 14.8. The zero-order chi connectivity index (χ0) is 14.7. The summed E-state index contributed by atoms with van der Waals surface area (Å²) in [5.74, 6) is 0.449. The molecule has 1 atom stereocenters. The second-order valence-corrected chi connectivity index (χ2v) is 7.13. The second kappa shape index (κ2) is 6.73. The van der Waals surface area contributed by atoms with E-state index in [1.807, 2.05) is 11.3 Å². The average molecular weight is 300 g/mol. The minimum atomic E-state index is 0.449. The smallest absolute Gasteiger partial charge is 0.0334 e. The standard InChI is InChI=1S/C18H24N2S/c1-14(11-19)16-6-4-15(5-7-16)12-20(17-8-9-17)13-18-3-2-10-21-18/h2-7,10,14,17H,8-9,11-13,19H2,1H3. The highest BCUT2D eigenvalue weighted by atomic mass is 32.1. The van der Waals surface area contributed by atoms with Crippen molar-refractivity contribution in [3.8, 4) is 0 Å². The molecule has 1 aromatic carbocycles. The number of thiophene rings is 1. The topological polar surface area (TPSA) is 29.3 Å². The summed E-state index contributed by atoms with van der Waals surface area (Å²) in [5.41, 5.74) is 8.49. The van der Waals surface area contributed by atoms with Crippen molar-refractivity contribution in [2.45, 2.75) is 44.8 Å². The zero-order valence-corrected chi connectivity index (χ0v) is 13.5. The van der Waals surface area contributed by atoms with Crippen molar-refractivity contribution < 1.29 is 0 Å². The van der Waals surface area contributed by atoms with Crippen molar-refractivity contribution in [2.24, 2.45) is 5.73 Å². The van der Waals surface area contributed by atoms with E-state index in [0.29, 0.717) is 12.5 Å². The Morgan fingerprint density at radius 2 is 1.95 bits per heavy atom. The molecule has 112 valence electrons. The predicted octanol–water partition coefficient (Wildman–Crippen LogP) is 3.97. The summed E-state index contributed by atoms with van der Waals surface area (Å²) in [7, 11) is 0. The fourth-order valence-electron chi connectivity index (χ4n) is 2.68. The van der Waals surface area contributed by atoms with E-state index in [2.05, 4.69) is 53.6 Å². The van der Waals surface area contributed by atoms with Gasteiger partial charge in [0, 0.05) is 24.0 Å². The van der Waals surface area contributed by atoms with E-state index in [0.717, 1.165) is 19.1 Å². The minimum absolute atomic E-state index is 0.449. The number of hydrogen-bond acceptors (Lipinski definition) is 3. The van der Waals surface area contributed by atoms with E-state index >= 15 is 0 Å². The van der Waals surface area contributed by atoms with Gasteiger partial charge in [0.1, 0.15) is 0 Å². The molecule has 1 aliphatic rings.